The van der Waals surface area contributed by atoms with Crippen molar-refractivity contribution in [2.45, 2.75) is 12.8 Å². The van der Waals surface area contributed by atoms with Crippen molar-refractivity contribution in [3.8, 4) is 17.2 Å². The van der Waals surface area contributed by atoms with E-state index in [1.807, 2.05) is 0 Å². The maximum absolute atomic E-state index is 13.0. The lowest BCUT2D eigenvalue weighted by molar-refractivity contribution is -0.114. The summed E-state index contributed by atoms with van der Waals surface area (Å²) in [6, 6.07) is 5.79. The molecule has 1 aliphatic carbocycles. The van der Waals surface area contributed by atoms with E-state index in [4.69, 9.17) is 4.74 Å². The van der Waals surface area contributed by atoms with Gasteiger partial charge in [-0.05, 0) is 30.2 Å². The molecule has 0 saturated carbocycles. The molecule has 26 heavy (non-hydrogen) atoms. The monoisotopic (exact) mass is 352 g/mol. The summed E-state index contributed by atoms with van der Waals surface area (Å²) in [5.41, 5.74) is -0.163. The van der Waals surface area contributed by atoms with E-state index in [1.54, 1.807) is 12.1 Å². The van der Waals surface area contributed by atoms with Crippen LogP contribution in [0.4, 0.5) is 0 Å². The first-order valence-electron chi connectivity index (χ1n) is 7.90. The highest BCUT2D eigenvalue weighted by molar-refractivity contribution is 6.31. The maximum Gasteiger partial charge on any atom is 0.202 e. The first-order valence-corrected chi connectivity index (χ1v) is 7.90. The summed E-state index contributed by atoms with van der Waals surface area (Å²) < 4.78 is 5.17. The molecule has 0 bridgehead atoms. The Hall–Kier alpha value is -3.41. The Bertz CT molecular complexity index is 971. The van der Waals surface area contributed by atoms with Crippen LogP contribution >= 0.6 is 0 Å². The van der Waals surface area contributed by atoms with Crippen molar-refractivity contribution in [3.63, 3.8) is 0 Å². The Kier molecular flexibility index (Phi) is 4.34. The molecule has 132 valence electrons. The van der Waals surface area contributed by atoms with Gasteiger partial charge in [-0.1, -0.05) is 18.7 Å². The number of aromatic hydroxyl groups is 2. The maximum atomic E-state index is 13.0. The van der Waals surface area contributed by atoms with Gasteiger partial charge in [0.2, 0.25) is 5.78 Å². The van der Waals surface area contributed by atoms with Crippen molar-refractivity contribution in [1.29, 1.82) is 0 Å². The number of ketones is 3. The summed E-state index contributed by atoms with van der Waals surface area (Å²) >= 11 is 0. The van der Waals surface area contributed by atoms with Crippen LogP contribution < -0.4 is 4.74 Å². The predicted octanol–water partition coefficient (Wildman–Crippen LogP) is 2.57. The SMILES string of the molecule is C=CC(=O)CCc1cc(O)c2c(c1O)C(=O)c1c(OC)cccc1C2=O. The molecule has 2 aromatic carbocycles. The number of ether oxygens (including phenoxy) is 1. The van der Waals surface area contributed by atoms with Crippen molar-refractivity contribution in [2.75, 3.05) is 7.11 Å². The van der Waals surface area contributed by atoms with E-state index in [2.05, 4.69) is 6.58 Å². The fourth-order valence-corrected chi connectivity index (χ4v) is 3.10. The number of aryl methyl sites for hydroxylation is 1. The number of carbonyl (C=O) groups excluding carboxylic acids is 3. The van der Waals surface area contributed by atoms with Gasteiger partial charge in [-0.25, -0.2) is 0 Å². The van der Waals surface area contributed by atoms with Crippen LogP contribution in [0.3, 0.4) is 0 Å². The standard InChI is InChI=1S/C20H16O6/c1-3-11(21)8-7-10-9-13(22)16-17(18(10)23)20(25)15-12(19(16)24)5-4-6-14(15)26-2/h3-6,9,22-23H,1,7-8H2,2H3. The van der Waals surface area contributed by atoms with E-state index < -0.39 is 23.1 Å². The number of hydrogen-bond donors (Lipinski definition) is 2. The summed E-state index contributed by atoms with van der Waals surface area (Å²) in [5.74, 6) is -2.05. The highest BCUT2D eigenvalue weighted by atomic mass is 16.5. The van der Waals surface area contributed by atoms with E-state index in [9.17, 15) is 24.6 Å². The van der Waals surface area contributed by atoms with Gasteiger partial charge in [0.1, 0.15) is 17.2 Å². The molecule has 0 atom stereocenters. The van der Waals surface area contributed by atoms with Crippen LogP contribution in [0.15, 0.2) is 36.9 Å². The second-order valence-electron chi connectivity index (χ2n) is 5.86. The third kappa shape index (κ3) is 2.56. The lowest BCUT2D eigenvalue weighted by Gasteiger charge is -2.22. The van der Waals surface area contributed by atoms with Crippen molar-refractivity contribution in [2.24, 2.45) is 0 Å². The largest absolute Gasteiger partial charge is 0.507 e. The second kappa shape index (κ2) is 6.48. The van der Waals surface area contributed by atoms with Gasteiger partial charge in [-0.15, -0.1) is 0 Å². The molecule has 0 aromatic heterocycles. The molecule has 0 aliphatic heterocycles. The molecule has 1 aliphatic rings. The van der Waals surface area contributed by atoms with Gasteiger partial charge >= 0.3 is 0 Å². The van der Waals surface area contributed by atoms with E-state index in [1.165, 1.54) is 19.2 Å². The minimum Gasteiger partial charge on any atom is -0.507 e. The number of phenolic OH excluding ortho intramolecular Hbond substituents is 2. The molecule has 3 rings (SSSR count). The van der Waals surface area contributed by atoms with Gasteiger partial charge in [-0.2, -0.15) is 0 Å². The molecule has 2 aromatic rings. The molecule has 0 spiro atoms. The highest BCUT2D eigenvalue weighted by Crippen LogP contribution is 2.42. The zero-order valence-corrected chi connectivity index (χ0v) is 14.0. The predicted molar refractivity (Wildman–Crippen MR) is 93.2 cm³/mol. The van der Waals surface area contributed by atoms with Crippen LogP contribution in [0.1, 0.15) is 43.8 Å². The smallest absolute Gasteiger partial charge is 0.202 e. The number of benzene rings is 2. The number of fused-ring (bicyclic) bond motifs is 2. The summed E-state index contributed by atoms with van der Waals surface area (Å²) in [4.78, 5) is 37.2. The Balaban J connectivity index is 2.19. The second-order valence-corrected chi connectivity index (χ2v) is 5.86. The van der Waals surface area contributed by atoms with E-state index in [0.29, 0.717) is 0 Å². The molecule has 2 N–H and O–H groups in total. The quantitative estimate of drug-likeness (QED) is 0.541. The number of phenols is 2. The van der Waals surface area contributed by atoms with Crippen LogP contribution in [0.2, 0.25) is 0 Å². The molecule has 0 heterocycles. The van der Waals surface area contributed by atoms with Crippen molar-refractivity contribution >= 4 is 17.3 Å². The zero-order chi connectivity index (χ0) is 19.0. The Morgan fingerprint density at radius 3 is 2.54 bits per heavy atom. The normalized spacial score (nSPS) is 12.3. The molecule has 0 radical (unpaired) electrons. The van der Waals surface area contributed by atoms with Crippen LogP contribution in [-0.2, 0) is 11.2 Å². The molecule has 6 nitrogen and oxygen atoms in total. The fraction of sp³-hybridized carbons (Fsp3) is 0.150. The van der Waals surface area contributed by atoms with Crippen molar-refractivity contribution in [1.82, 2.24) is 0 Å². The first-order chi connectivity index (χ1) is 12.4. The van der Waals surface area contributed by atoms with Gasteiger partial charge in [-0.3, -0.25) is 14.4 Å². The third-order valence-electron chi connectivity index (χ3n) is 4.40. The summed E-state index contributed by atoms with van der Waals surface area (Å²) in [6.07, 6.45) is 1.31. The van der Waals surface area contributed by atoms with E-state index >= 15 is 0 Å². The highest BCUT2D eigenvalue weighted by Gasteiger charge is 2.37. The van der Waals surface area contributed by atoms with Gasteiger partial charge < -0.3 is 14.9 Å². The van der Waals surface area contributed by atoms with E-state index in [0.717, 1.165) is 6.08 Å². The lowest BCUT2D eigenvalue weighted by Crippen LogP contribution is -2.22. The minimum absolute atomic E-state index is 0.0431. The van der Waals surface area contributed by atoms with Crippen LogP contribution in [0.5, 0.6) is 17.2 Å². The number of allylic oxidation sites excluding steroid dienone is 1. The van der Waals surface area contributed by atoms with Gasteiger partial charge in [0, 0.05) is 12.0 Å². The number of hydrogen-bond acceptors (Lipinski definition) is 6. The first kappa shape index (κ1) is 17.4. The van der Waals surface area contributed by atoms with Crippen molar-refractivity contribution in [3.05, 3.63) is 64.7 Å². The average Bonchev–Trinajstić information content (AvgIpc) is 2.65. The average molecular weight is 352 g/mol. The Morgan fingerprint density at radius 1 is 1.15 bits per heavy atom. The third-order valence-corrected chi connectivity index (χ3v) is 4.40. The number of carbonyl (C=O) groups is 3. The summed E-state index contributed by atoms with van der Waals surface area (Å²) in [5, 5.41) is 20.9. The minimum atomic E-state index is -0.614. The molecule has 0 fully saturated rings. The van der Waals surface area contributed by atoms with Gasteiger partial charge in [0.05, 0.1) is 23.8 Å². The van der Waals surface area contributed by atoms with Crippen LogP contribution in [0, 0.1) is 0 Å². The molecule has 6 heteroatoms. The van der Waals surface area contributed by atoms with Gasteiger partial charge in [0.25, 0.3) is 0 Å². The number of rotatable bonds is 5. The lowest BCUT2D eigenvalue weighted by atomic mass is 9.81. The van der Waals surface area contributed by atoms with Crippen molar-refractivity contribution < 1.29 is 29.3 Å². The molecule has 0 amide bonds. The summed E-state index contributed by atoms with van der Waals surface area (Å²) in [7, 11) is 1.37. The fourth-order valence-electron chi connectivity index (χ4n) is 3.10. The molecule has 0 saturated heterocycles. The Morgan fingerprint density at radius 2 is 1.88 bits per heavy atom. The van der Waals surface area contributed by atoms with Gasteiger partial charge in [0.15, 0.2) is 11.6 Å². The topological polar surface area (TPSA) is 101 Å². The summed E-state index contributed by atoms with van der Waals surface area (Å²) in [6.45, 7) is 3.38. The molecular formula is C20H16O6. The van der Waals surface area contributed by atoms with Crippen LogP contribution in [0.25, 0.3) is 0 Å². The zero-order valence-electron chi connectivity index (χ0n) is 14.0. The number of methoxy groups -OCH3 is 1. The molecular weight excluding hydrogens is 336 g/mol. The van der Waals surface area contributed by atoms with E-state index in [-0.39, 0.29) is 52.2 Å². The molecule has 0 unspecified atom stereocenters. The Labute approximate surface area is 149 Å². The van der Waals surface area contributed by atoms with Crippen LogP contribution in [-0.4, -0.2) is 34.7 Å².